The minimum absolute atomic E-state index is 0.0302. The van der Waals surface area contributed by atoms with Crippen LogP contribution in [0, 0.1) is 0 Å². The summed E-state index contributed by atoms with van der Waals surface area (Å²) in [7, 11) is 1.56. The van der Waals surface area contributed by atoms with Crippen LogP contribution in [0.1, 0.15) is 49.1 Å². The van der Waals surface area contributed by atoms with E-state index in [4.69, 9.17) is 13.9 Å². The molecule has 0 fully saturated rings. The molecule has 1 aromatic carbocycles. The summed E-state index contributed by atoms with van der Waals surface area (Å²) in [6.07, 6.45) is 2.25. The van der Waals surface area contributed by atoms with Crippen LogP contribution in [0.5, 0.6) is 5.75 Å². The van der Waals surface area contributed by atoms with E-state index in [1.807, 2.05) is 18.2 Å². The molecule has 0 atom stereocenters. The SMILES string of the molecule is CCC(C)(C)c1ccc2c(c1)N(Cc1nc(C(=O)NCCOC)co1)C(=O)CO2. The molecule has 0 bridgehead atoms. The number of benzene rings is 1. The Labute approximate surface area is 170 Å². The molecular weight excluding hydrogens is 374 g/mol. The molecule has 0 spiro atoms. The summed E-state index contributed by atoms with van der Waals surface area (Å²) in [6.45, 7) is 7.31. The molecule has 1 aliphatic rings. The van der Waals surface area contributed by atoms with Gasteiger partial charge >= 0.3 is 0 Å². The highest BCUT2D eigenvalue weighted by Crippen LogP contribution is 2.38. The van der Waals surface area contributed by atoms with Crippen molar-refractivity contribution in [3.05, 3.63) is 41.6 Å². The summed E-state index contributed by atoms with van der Waals surface area (Å²) < 4.78 is 15.9. The van der Waals surface area contributed by atoms with Gasteiger partial charge in [-0.3, -0.25) is 14.5 Å². The maximum Gasteiger partial charge on any atom is 0.273 e. The van der Waals surface area contributed by atoms with Crippen LogP contribution < -0.4 is 15.0 Å². The number of fused-ring (bicyclic) bond motifs is 1. The highest BCUT2D eigenvalue weighted by molar-refractivity contribution is 5.98. The highest BCUT2D eigenvalue weighted by atomic mass is 16.5. The van der Waals surface area contributed by atoms with Crippen molar-refractivity contribution in [2.24, 2.45) is 0 Å². The molecule has 2 heterocycles. The van der Waals surface area contributed by atoms with Crippen molar-refractivity contribution in [1.29, 1.82) is 0 Å². The number of carbonyl (C=O) groups excluding carboxylic acids is 2. The lowest BCUT2D eigenvalue weighted by atomic mass is 9.82. The van der Waals surface area contributed by atoms with E-state index < -0.39 is 0 Å². The Morgan fingerprint density at radius 3 is 2.90 bits per heavy atom. The minimum atomic E-state index is -0.349. The lowest BCUT2D eigenvalue weighted by Crippen LogP contribution is -2.38. The number of nitrogens with one attached hydrogen (secondary N) is 1. The molecule has 0 radical (unpaired) electrons. The van der Waals surface area contributed by atoms with Crippen molar-refractivity contribution >= 4 is 17.5 Å². The second-order valence-corrected chi connectivity index (χ2v) is 7.56. The average Bonchev–Trinajstić information content (AvgIpc) is 3.18. The van der Waals surface area contributed by atoms with Gasteiger partial charge in [-0.05, 0) is 29.5 Å². The molecule has 0 saturated carbocycles. The van der Waals surface area contributed by atoms with Gasteiger partial charge in [-0.1, -0.05) is 26.8 Å². The third-order valence-corrected chi connectivity index (χ3v) is 5.24. The normalized spacial score (nSPS) is 13.8. The average molecular weight is 401 g/mol. The van der Waals surface area contributed by atoms with Gasteiger partial charge in [0.2, 0.25) is 5.89 Å². The number of rotatable bonds is 8. The molecule has 1 N–H and O–H groups in total. The monoisotopic (exact) mass is 401 g/mol. The third-order valence-electron chi connectivity index (χ3n) is 5.24. The van der Waals surface area contributed by atoms with Gasteiger partial charge in [0.1, 0.15) is 18.6 Å². The maximum absolute atomic E-state index is 12.5. The number of amides is 2. The number of hydrogen-bond donors (Lipinski definition) is 1. The van der Waals surface area contributed by atoms with Crippen molar-refractivity contribution in [2.45, 2.75) is 39.2 Å². The molecule has 8 nitrogen and oxygen atoms in total. The first-order chi connectivity index (χ1) is 13.9. The lowest BCUT2D eigenvalue weighted by molar-refractivity contribution is -0.121. The van der Waals surface area contributed by atoms with Gasteiger partial charge in [-0.25, -0.2) is 4.98 Å². The zero-order valence-corrected chi connectivity index (χ0v) is 17.3. The lowest BCUT2D eigenvalue weighted by Gasteiger charge is -2.31. The van der Waals surface area contributed by atoms with Crippen LogP contribution in [0.2, 0.25) is 0 Å². The van der Waals surface area contributed by atoms with E-state index in [9.17, 15) is 9.59 Å². The molecule has 2 aromatic rings. The molecular formula is C21H27N3O5. The van der Waals surface area contributed by atoms with Crippen LogP contribution in [0.25, 0.3) is 0 Å². The van der Waals surface area contributed by atoms with E-state index in [1.54, 1.807) is 12.0 Å². The van der Waals surface area contributed by atoms with Crippen molar-refractivity contribution in [3.63, 3.8) is 0 Å². The first-order valence-electron chi connectivity index (χ1n) is 9.65. The third kappa shape index (κ3) is 4.59. The van der Waals surface area contributed by atoms with Gasteiger partial charge in [0, 0.05) is 13.7 Å². The van der Waals surface area contributed by atoms with Crippen LogP contribution in [-0.4, -0.2) is 43.7 Å². The van der Waals surface area contributed by atoms with Gasteiger partial charge in [-0.2, -0.15) is 0 Å². The predicted molar refractivity (Wildman–Crippen MR) is 107 cm³/mol. The molecule has 29 heavy (non-hydrogen) atoms. The number of nitrogens with zero attached hydrogens (tertiary/aromatic N) is 2. The fraction of sp³-hybridized carbons (Fsp3) is 0.476. The first kappa shape index (κ1) is 20.9. The second kappa shape index (κ2) is 8.65. The highest BCUT2D eigenvalue weighted by Gasteiger charge is 2.29. The molecule has 0 saturated heterocycles. The summed E-state index contributed by atoms with van der Waals surface area (Å²) in [5.74, 6) is 0.388. The molecule has 0 aliphatic carbocycles. The van der Waals surface area contributed by atoms with E-state index in [0.29, 0.717) is 24.6 Å². The molecule has 2 amide bonds. The van der Waals surface area contributed by atoms with Crippen molar-refractivity contribution < 1.29 is 23.5 Å². The van der Waals surface area contributed by atoms with Gasteiger partial charge in [0.25, 0.3) is 11.8 Å². The van der Waals surface area contributed by atoms with Crippen molar-refractivity contribution in [1.82, 2.24) is 10.3 Å². The molecule has 3 rings (SSSR count). The number of ether oxygens (including phenoxy) is 2. The zero-order chi connectivity index (χ0) is 21.0. The fourth-order valence-electron chi connectivity index (χ4n) is 2.98. The number of carbonyl (C=O) groups is 2. The molecule has 156 valence electrons. The van der Waals surface area contributed by atoms with E-state index in [1.165, 1.54) is 6.26 Å². The Bertz CT molecular complexity index is 890. The number of aromatic nitrogens is 1. The smallest absolute Gasteiger partial charge is 0.273 e. The largest absolute Gasteiger partial charge is 0.482 e. The molecule has 8 heteroatoms. The standard InChI is InChI=1S/C21H27N3O5/c1-5-21(2,3)14-6-7-17-16(10-14)24(19(25)13-28-17)11-18-23-15(12-29-18)20(26)22-8-9-27-4/h6-7,10,12H,5,8-9,11,13H2,1-4H3,(H,22,26). The number of anilines is 1. The number of oxazole rings is 1. The van der Waals surface area contributed by atoms with E-state index in [-0.39, 0.29) is 42.0 Å². The summed E-state index contributed by atoms with van der Waals surface area (Å²) in [5.41, 5.74) is 1.94. The number of hydrogen-bond acceptors (Lipinski definition) is 6. The van der Waals surface area contributed by atoms with Crippen molar-refractivity contribution in [3.8, 4) is 5.75 Å². The van der Waals surface area contributed by atoms with Crippen LogP contribution in [0.15, 0.2) is 28.9 Å². The Morgan fingerprint density at radius 1 is 1.38 bits per heavy atom. The van der Waals surface area contributed by atoms with Crippen molar-refractivity contribution in [2.75, 3.05) is 31.8 Å². The predicted octanol–water partition coefficient (Wildman–Crippen LogP) is 2.66. The zero-order valence-electron chi connectivity index (χ0n) is 17.3. The van der Waals surface area contributed by atoms with Gasteiger partial charge in [0.15, 0.2) is 12.3 Å². The van der Waals surface area contributed by atoms with Crippen LogP contribution in [-0.2, 0) is 21.5 Å². The Hall–Kier alpha value is -2.87. The van der Waals surface area contributed by atoms with E-state index >= 15 is 0 Å². The number of methoxy groups -OCH3 is 1. The van der Waals surface area contributed by atoms with Gasteiger partial charge in [-0.15, -0.1) is 0 Å². The van der Waals surface area contributed by atoms with Crippen LogP contribution in [0.4, 0.5) is 5.69 Å². The van der Waals surface area contributed by atoms with Gasteiger partial charge in [0.05, 0.1) is 12.3 Å². The Morgan fingerprint density at radius 2 is 2.17 bits per heavy atom. The van der Waals surface area contributed by atoms with Gasteiger partial charge < -0.3 is 19.2 Å². The Balaban J connectivity index is 1.81. The molecule has 1 aliphatic heterocycles. The fourth-order valence-corrected chi connectivity index (χ4v) is 2.98. The molecule has 1 aromatic heterocycles. The quantitative estimate of drug-likeness (QED) is 0.684. The topological polar surface area (TPSA) is 93.9 Å². The van der Waals surface area contributed by atoms with E-state index in [2.05, 4.69) is 31.1 Å². The van der Waals surface area contributed by atoms with Crippen LogP contribution >= 0.6 is 0 Å². The minimum Gasteiger partial charge on any atom is -0.482 e. The van der Waals surface area contributed by atoms with E-state index in [0.717, 1.165) is 12.0 Å². The molecule has 0 unspecified atom stereocenters. The van der Waals surface area contributed by atoms with Crippen LogP contribution in [0.3, 0.4) is 0 Å². The second-order valence-electron chi connectivity index (χ2n) is 7.56. The summed E-state index contributed by atoms with van der Waals surface area (Å²) >= 11 is 0. The summed E-state index contributed by atoms with van der Waals surface area (Å²) in [6, 6.07) is 5.91. The Kier molecular flexibility index (Phi) is 6.22. The summed E-state index contributed by atoms with van der Waals surface area (Å²) in [5, 5.41) is 2.68. The maximum atomic E-state index is 12.5. The summed E-state index contributed by atoms with van der Waals surface area (Å²) in [4.78, 5) is 30.4. The first-order valence-corrected chi connectivity index (χ1v) is 9.65.